The third-order valence-electron chi connectivity index (χ3n) is 6.03. The molecule has 1 aromatic carbocycles. The van der Waals surface area contributed by atoms with E-state index in [0.29, 0.717) is 18.5 Å². The Morgan fingerprint density at radius 1 is 1.19 bits per heavy atom. The Hall–Kier alpha value is -1.92. The fourth-order valence-corrected chi connectivity index (χ4v) is 4.29. The van der Waals surface area contributed by atoms with Gasteiger partial charge >= 0.3 is 0 Å². The average Bonchev–Trinajstić information content (AvgIpc) is 3.11. The lowest BCUT2D eigenvalue weighted by Crippen LogP contribution is -2.49. The minimum Gasteiger partial charge on any atom is -0.379 e. The first-order valence-corrected chi connectivity index (χ1v) is 9.72. The maximum Gasteiger partial charge on any atom is 0.244 e. The molecule has 26 heavy (non-hydrogen) atoms. The molecule has 2 fully saturated rings. The van der Waals surface area contributed by atoms with E-state index >= 15 is 0 Å². The van der Waals surface area contributed by atoms with E-state index < -0.39 is 0 Å². The number of piperidine rings is 1. The smallest absolute Gasteiger partial charge is 0.244 e. The first-order chi connectivity index (χ1) is 12.7. The molecule has 0 saturated carbocycles. The van der Waals surface area contributed by atoms with Gasteiger partial charge in [-0.05, 0) is 31.7 Å². The van der Waals surface area contributed by atoms with Crippen molar-refractivity contribution in [1.29, 1.82) is 0 Å². The molecular weight excluding hydrogens is 328 g/mol. The minimum atomic E-state index is 0.177. The number of para-hydroxylation sites is 1. The number of morpholine rings is 1. The van der Waals surface area contributed by atoms with E-state index in [9.17, 15) is 4.79 Å². The Morgan fingerprint density at radius 3 is 2.69 bits per heavy atom. The van der Waals surface area contributed by atoms with Crippen molar-refractivity contribution in [2.45, 2.75) is 32.4 Å². The quantitative estimate of drug-likeness (QED) is 0.841. The molecule has 3 heterocycles. The maximum atomic E-state index is 12.7. The van der Waals surface area contributed by atoms with Crippen molar-refractivity contribution in [2.75, 3.05) is 39.4 Å². The number of amides is 1. The van der Waals surface area contributed by atoms with Crippen LogP contribution in [-0.4, -0.2) is 70.9 Å². The van der Waals surface area contributed by atoms with Crippen LogP contribution in [0.2, 0.25) is 0 Å². The summed E-state index contributed by atoms with van der Waals surface area (Å²) >= 11 is 0. The third-order valence-corrected chi connectivity index (χ3v) is 6.03. The molecule has 0 radical (unpaired) electrons. The van der Waals surface area contributed by atoms with Gasteiger partial charge in [-0.15, -0.1) is 0 Å². The van der Waals surface area contributed by atoms with Gasteiger partial charge in [-0.1, -0.05) is 18.2 Å². The second kappa shape index (κ2) is 7.76. The van der Waals surface area contributed by atoms with Gasteiger partial charge in [0.25, 0.3) is 0 Å². The van der Waals surface area contributed by atoms with E-state index in [4.69, 9.17) is 4.74 Å². The molecule has 0 bridgehead atoms. The summed E-state index contributed by atoms with van der Waals surface area (Å²) in [6, 6.07) is 8.61. The van der Waals surface area contributed by atoms with E-state index in [2.05, 4.69) is 16.9 Å². The zero-order valence-electron chi connectivity index (χ0n) is 15.5. The number of hydrogen-bond donors (Lipinski definition) is 0. The molecule has 6 nitrogen and oxygen atoms in total. The van der Waals surface area contributed by atoms with Gasteiger partial charge in [0.05, 0.1) is 24.9 Å². The van der Waals surface area contributed by atoms with Crippen LogP contribution in [0.3, 0.4) is 0 Å². The van der Waals surface area contributed by atoms with Crippen molar-refractivity contribution in [3.8, 4) is 0 Å². The first-order valence-electron chi connectivity index (χ1n) is 9.72. The molecule has 1 unspecified atom stereocenters. The number of rotatable bonds is 4. The van der Waals surface area contributed by atoms with Gasteiger partial charge in [0.15, 0.2) is 0 Å². The van der Waals surface area contributed by atoms with E-state index in [-0.39, 0.29) is 5.91 Å². The molecular formula is C20H28N4O2. The highest BCUT2D eigenvalue weighted by Gasteiger charge is 2.30. The number of ether oxygens (including phenoxy) is 1. The lowest BCUT2D eigenvalue weighted by molar-refractivity contribution is -0.133. The third kappa shape index (κ3) is 3.62. The van der Waals surface area contributed by atoms with E-state index in [1.54, 1.807) is 0 Å². The van der Waals surface area contributed by atoms with Gasteiger partial charge in [-0.3, -0.25) is 14.4 Å². The molecule has 4 rings (SSSR count). The van der Waals surface area contributed by atoms with Crippen molar-refractivity contribution >= 4 is 16.8 Å². The van der Waals surface area contributed by atoms with E-state index in [1.807, 2.05) is 40.0 Å². The number of carbonyl (C=O) groups is 1. The summed E-state index contributed by atoms with van der Waals surface area (Å²) < 4.78 is 7.28. The van der Waals surface area contributed by atoms with Crippen LogP contribution in [0.1, 0.15) is 19.8 Å². The number of hydrogen-bond acceptors (Lipinski definition) is 4. The Kier molecular flexibility index (Phi) is 5.22. The molecule has 1 atom stereocenters. The topological polar surface area (TPSA) is 50.6 Å². The van der Waals surface area contributed by atoms with E-state index in [1.165, 1.54) is 0 Å². The predicted octanol–water partition coefficient (Wildman–Crippen LogP) is 2.00. The molecule has 2 saturated heterocycles. The van der Waals surface area contributed by atoms with Gasteiger partial charge in [0.1, 0.15) is 6.54 Å². The molecule has 2 aliphatic heterocycles. The van der Waals surface area contributed by atoms with Gasteiger partial charge in [-0.25, -0.2) is 0 Å². The van der Waals surface area contributed by atoms with Gasteiger partial charge in [0, 0.05) is 37.6 Å². The number of carbonyl (C=O) groups excluding carboxylic acids is 1. The van der Waals surface area contributed by atoms with Crippen LogP contribution < -0.4 is 0 Å². The molecule has 1 aromatic heterocycles. The van der Waals surface area contributed by atoms with Crippen LogP contribution in [0.4, 0.5) is 0 Å². The van der Waals surface area contributed by atoms with Crippen molar-refractivity contribution in [3.05, 3.63) is 30.5 Å². The summed E-state index contributed by atoms with van der Waals surface area (Å²) in [5.41, 5.74) is 1.02. The summed E-state index contributed by atoms with van der Waals surface area (Å²) in [6.45, 7) is 8.15. The van der Waals surface area contributed by atoms with Crippen molar-refractivity contribution in [1.82, 2.24) is 19.6 Å². The number of fused-ring (bicyclic) bond motifs is 1. The molecule has 1 amide bonds. The Morgan fingerprint density at radius 2 is 1.92 bits per heavy atom. The predicted molar refractivity (Wildman–Crippen MR) is 101 cm³/mol. The molecule has 140 valence electrons. The molecule has 0 N–H and O–H groups in total. The highest BCUT2D eigenvalue weighted by molar-refractivity contribution is 5.82. The number of aromatic nitrogens is 2. The number of benzene rings is 1. The normalized spacial score (nSPS) is 21.2. The van der Waals surface area contributed by atoms with Crippen molar-refractivity contribution < 1.29 is 9.53 Å². The highest BCUT2D eigenvalue weighted by atomic mass is 16.5. The summed E-state index contributed by atoms with van der Waals surface area (Å²) in [7, 11) is 0. The molecule has 6 heteroatoms. The lowest BCUT2D eigenvalue weighted by atomic mass is 9.89. The van der Waals surface area contributed by atoms with Crippen LogP contribution >= 0.6 is 0 Å². The van der Waals surface area contributed by atoms with Crippen LogP contribution in [-0.2, 0) is 16.1 Å². The number of nitrogens with zero attached hydrogens (tertiary/aromatic N) is 4. The standard InChI is InChI=1S/C20H28N4O2/c1-16(22-10-12-26-13-11-22)17-6-8-23(9-7-17)20(25)15-24-19-5-3-2-4-18(19)14-21-24/h2-5,14,16-17H,6-13,15H2,1H3. The number of likely N-dealkylation sites (tertiary alicyclic amines) is 1. The zero-order valence-corrected chi connectivity index (χ0v) is 15.5. The fraction of sp³-hybridized carbons (Fsp3) is 0.600. The zero-order chi connectivity index (χ0) is 17.9. The minimum absolute atomic E-state index is 0.177. The fourth-order valence-electron chi connectivity index (χ4n) is 4.29. The van der Waals surface area contributed by atoms with Crippen LogP contribution in [0.25, 0.3) is 10.9 Å². The summed E-state index contributed by atoms with van der Waals surface area (Å²) in [6.07, 6.45) is 4.01. The Balaban J connectivity index is 1.32. The Labute approximate surface area is 154 Å². The SMILES string of the molecule is CC(C1CCN(C(=O)Cn2ncc3ccccc32)CC1)N1CCOCC1. The van der Waals surface area contributed by atoms with Gasteiger partial charge in [-0.2, -0.15) is 5.10 Å². The molecule has 2 aliphatic rings. The highest BCUT2D eigenvalue weighted by Crippen LogP contribution is 2.25. The largest absolute Gasteiger partial charge is 0.379 e. The van der Waals surface area contributed by atoms with Crippen LogP contribution in [0.5, 0.6) is 0 Å². The second-order valence-electron chi connectivity index (χ2n) is 7.47. The van der Waals surface area contributed by atoms with E-state index in [0.717, 1.165) is 63.1 Å². The molecule has 0 aliphatic carbocycles. The van der Waals surface area contributed by atoms with Gasteiger partial charge < -0.3 is 9.64 Å². The van der Waals surface area contributed by atoms with Crippen LogP contribution in [0.15, 0.2) is 30.5 Å². The first kappa shape index (κ1) is 17.5. The molecule has 2 aromatic rings. The maximum absolute atomic E-state index is 12.7. The summed E-state index contributed by atoms with van der Waals surface area (Å²) in [5.74, 6) is 0.846. The average molecular weight is 356 g/mol. The monoisotopic (exact) mass is 356 g/mol. The summed E-state index contributed by atoms with van der Waals surface area (Å²) in [5, 5.41) is 5.47. The lowest BCUT2D eigenvalue weighted by Gasteiger charge is -2.41. The van der Waals surface area contributed by atoms with Crippen molar-refractivity contribution in [2.24, 2.45) is 5.92 Å². The second-order valence-corrected chi connectivity index (χ2v) is 7.47. The summed E-state index contributed by atoms with van der Waals surface area (Å²) in [4.78, 5) is 17.3. The van der Waals surface area contributed by atoms with Crippen molar-refractivity contribution in [3.63, 3.8) is 0 Å². The Bertz CT molecular complexity index is 745. The van der Waals surface area contributed by atoms with Gasteiger partial charge in [0.2, 0.25) is 5.91 Å². The molecule has 0 spiro atoms. The van der Waals surface area contributed by atoms with Crippen LogP contribution in [0, 0.1) is 5.92 Å².